The number of methoxy groups -OCH3 is 2. The Morgan fingerprint density at radius 3 is 2.10 bits per heavy atom. The second-order valence-electron chi connectivity index (χ2n) is 9.34. The summed E-state index contributed by atoms with van der Waals surface area (Å²) in [6.07, 6.45) is 8.07. The van der Waals surface area contributed by atoms with Crippen molar-refractivity contribution in [3.8, 4) is 0 Å². The van der Waals surface area contributed by atoms with Crippen molar-refractivity contribution in [2.75, 3.05) is 19.5 Å². The van der Waals surface area contributed by atoms with Gasteiger partial charge in [0.1, 0.15) is 9.88 Å². The Kier molecular flexibility index (Phi) is 5.83. The van der Waals surface area contributed by atoms with Crippen LogP contribution in [0.3, 0.4) is 0 Å². The predicted molar refractivity (Wildman–Crippen MR) is 121 cm³/mol. The first-order valence-electron chi connectivity index (χ1n) is 10.6. The Balaban J connectivity index is 1.50. The Morgan fingerprint density at radius 2 is 1.60 bits per heavy atom. The average Bonchev–Trinajstić information content (AvgIpc) is 3.01. The van der Waals surface area contributed by atoms with Gasteiger partial charge >= 0.3 is 11.9 Å². The number of thiophene rings is 1. The summed E-state index contributed by atoms with van der Waals surface area (Å²) in [6.45, 7) is 3.95. The van der Waals surface area contributed by atoms with Gasteiger partial charge in [-0.15, -0.1) is 11.3 Å². The zero-order chi connectivity index (χ0) is 21.6. The van der Waals surface area contributed by atoms with Crippen molar-refractivity contribution < 1.29 is 19.1 Å². The number of esters is 2. The van der Waals surface area contributed by atoms with E-state index in [1.54, 1.807) is 6.92 Å². The van der Waals surface area contributed by atoms with Crippen LogP contribution in [0, 0.1) is 30.1 Å². The maximum Gasteiger partial charge on any atom is 0.348 e. The molecular formula is C22H30N2O4S2. The molecule has 4 aliphatic rings. The normalized spacial score (nSPS) is 29.9. The minimum absolute atomic E-state index is 0.258. The van der Waals surface area contributed by atoms with Crippen molar-refractivity contribution in [2.45, 2.75) is 58.4 Å². The quantitative estimate of drug-likeness (QED) is 0.504. The minimum Gasteiger partial charge on any atom is -0.465 e. The Labute approximate surface area is 187 Å². The van der Waals surface area contributed by atoms with Gasteiger partial charge in [-0.05, 0) is 93.3 Å². The molecular weight excluding hydrogens is 420 g/mol. The topological polar surface area (TPSA) is 76.7 Å². The van der Waals surface area contributed by atoms with Crippen LogP contribution in [0.25, 0.3) is 0 Å². The molecule has 0 aromatic carbocycles. The number of ether oxygens (including phenoxy) is 2. The first kappa shape index (κ1) is 21.6. The smallest absolute Gasteiger partial charge is 0.348 e. The first-order valence-corrected chi connectivity index (χ1v) is 11.9. The monoisotopic (exact) mass is 450 g/mol. The van der Waals surface area contributed by atoms with Crippen molar-refractivity contribution in [2.24, 2.45) is 23.2 Å². The number of hydrogen-bond donors (Lipinski definition) is 2. The van der Waals surface area contributed by atoms with Crippen molar-refractivity contribution in [3.63, 3.8) is 0 Å². The summed E-state index contributed by atoms with van der Waals surface area (Å²) in [5.74, 6) is 1.64. The fraction of sp³-hybridized carbons (Fsp3) is 0.682. The molecule has 0 radical (unpaired) electrons. The highest BCUT2D eigenvalue weighted by Gasteiger charge is 2.53. The maximum atomic E-state index is 12.3. The lowest BCUT2D eigenvalue weighted by molar-refractivity contribution is -0.0671. The summed E-state index contributed by atoms with van der Waals surface area (Å²) in [5, 5.41) is 7.64. The number of carbonyl (C=O) groups excluding carboxylic acids is 2. The molecule has 1 aromatic rings. The number of thiocarbonyl (C=S) groups is 1. The molecule has 30 heavy (non-hydrogen) atoms. The molecule has 0 amide bonds. The number of rotatable bonds is 5. The largest absolute Gasteiger partial charge is 0.465 e. The van der Waals surface area contributed by atoms with E-state index in [4.69, 9.17) is 21.7 Å². The fourth-order valence-corrected chi connectivity index (χ4v) is 7.89. The van der Waals surface area contributed by atoms with Crippen LogP contribution in [-0.4, -0.2) is 37.3 Å². The zero-order valence-electron chi connectivity index (χ0n) is 18.0. The first-order chi connectivity index (χ1) is 14.3. The van der Waals surface area contributed by atoms with Crippen LogP contribution in [0.2, 0.25) is 0 Å². The standard InChI is InChI=1S/C22H30N2O4S2/c1-11-16(19(25)27-3)18(30-17(11)20(26)28-4)24-21(29)23-12(2)22-8-13-5-14(9-22)7-15(6-13)10-22/h12-15H,5-10H2,1-4H3,(H2,23,24,29). The molecule has 8 heteroatoms. The van der Waals surface area contributed by atoms with Gasteiger partial charge in [0.15, 0.2) is 5.11 Å². The van der Waals surface area contributed by atoms with E-state index in [1.807, 2.05) is 0 Å². The molecule has 4 bridgehead atoms. The second kappa shape index (κ2) is 8.11. The summed E-state index contributed by atoms with van der Waals surface area (Å²) in [7, 11) is 2.65. The number of hydrogen-bond acceptors (Lipinski definition) is 6. The van der Waals surface area contributed by atoms with Crippen LogP contribution in [-0.2, 0) is 9.47 Å². The van der Waals surface area contributed by atoms with E-state index in [0.717, 1.165) is 29.1 Å². The molecule has 1 heterocycles. The van der Waals surface area contributed by atoms with Gasteiger partial charge in [0.2, 0.25) is 0 Å². The third-order valence-electron chi connectivity index (χ3n) is 7.49. The second-order valence-corrected chi connectivity index (χ2v) is 10.8. The number of nitrogens with one attached hydrogen (secondary N) is 2. The molecule has 1 atom stereocenters. The van der Waals surface area contributed by atoms with Gasteiger partial charge in [0, 0.05) is 6.04 Å². The van der Waals surface area contributed by atoms with Gasteiger partial charge in [-0.1, -0.05) is 0 Å². The van der Waals surface area contributed by atoms with Gasteiger partial charge in [0.25, 0.3) is 0 Å². The van der Waals surface area contributed by atoms with Gasteiger partial charge < -0.3 is 20.1 Å². The van der Waals surface area contributed by atoms with Crippen LogP contribution in [0.1, 0.15) is 71.0 Å². The Bertz CT molecular complexity index is 843. The number of carbonyl (C=O) groups is 2. The van der Waals surface area contributed by atoms with E-state index in [0.29, 0.717) is 31.5 Å². The minimum atomic E-state index is -0.502. The molecule has 0 saturated heterocycles. The third-order valence-corrected chi connectivity index (χ3v) is 8.89. The lowest BCUT2D eigenvalue weighted by atomic mass is 9.48. The molecule has 4 fully saturated rings. The summed E-state index contributed by atoms with van der Waals surface area (Å²) >= 11 is 6.78. The molecule has 1 aromatic heterocycles. The zero-order valence-corrected chi connectivity index (χ0v) is 19.6. The van der Waals surface area contributed by atoms with E-state index in [1.165, 1.54) is 52.7 Å². The summed E-state index contributed by atoms with van der Waals surface area (Å²) in [6, 6.07) is 0.258. The Morgan fingerprint density at radius 1 is 1.07 bits per heavy atom. The van der Waals surface area contributed by atoms with E-state index in [9.17, 15) is 9.59 Å². The molecule has 5 rings (SSSR count). The molecule has 164 valence electrons. The molecule has 4 aliphatic carbocycles. The molecule has 2 N–H and O–H groups in total. The van der Waals surface area contributed by atoms with Crippen LogP contribution in [0.5, 0.6) is 0 Å². The van der Waals surface area contributed by atoms with Gasteiger partial charge in [-0.2, -0.15) is 0 Å². The maximum absolute atomic E-state index is 12.3. The molecule has 0 spiro atoms. The highest BCUT2D eigenvalue weighted by atomic mass is 32.1. The van der Waals surface area contributed by atoms with Gasteiger partial charge in [-0.25, -0.2) is 9.59 Å². The van der Waals surface area contributed by atoms with E-state index in [2.05, 4.69) is 17.6 Å². The predicted octanol–water partition coefficient (Wildman–Crippen LogP) is 4.52. The summed E-state index contributed by atoms with van der Waals surface area (Å²) in [5.41, 5.74) is 1.18. The number of anilines is 1. The van der Waals surface area contributed by atoms with Crippen molar-refractivity contribution >= 4 is 45.6 Å². The van der Waals surface area contributed by atoms with Gasteiger partial charge in [-0.3, -0.25) is 0 Å². The van der Waals surface area contributed by atoms with Crippen LogP contribution in [0.4, 0.5) is 5.00 Å². The van der Waals surface area contributed by atoms with Crippen LogP contribution >= 0.6 is 23.6 Å². The van der Waals surface area contributed by atoms with E-state index >= 15 is 0 Å². The SMILES string of the molecule is COC(=O)c1sc(NC(=S)NC(C)C23CC4CC(CC(C4)C2)C3)c(C(=O)OC)c1C. The summed E-state index contributed by atoms with van der Waals surface area (Å²) < 4.78 is 9.77. The molecule has 6 nitrogen and oxygen atoms in total. The van der Waals surface area contributed by atoms with Crippen LogP contribution in [0.15, 0.2) is 0 Å². The highest BCUT2D eigenvalue weighted by molar-refractivity contribution is 7.80. The molecule has 1 unspecified atom stereocenters. The van der Waals surface area contributed by atoms with Gasteiger partial charge in [0.05, 0.1) is 19.8 Å². The van der Waals surface area contributed by atoms with Crippen molar-refractivity contribution in [1.82, 2.24) is 5.32 Å². The Hall–Kier alpha value is -1.67. The molecule has 4 saturated carbocycles. The van der Waals surface area contributed by atoms with Crippen molar-refractivity contribution in [3.05, 3.63) is 16.0 Å². The van der Waals surface area contributed by atoms with E-state index < -0.39 is 11.9 Å². The fourth-order valence-electron chi connectivity index (χ4n) is 6.43. The lowest BCUT2D eigenvalue weighted by Crippen LogP contribution is -2.56. The lowest BCUT2D eigenvalue weighted by Gasteiger charge is -2.59. The van der Waals surface area contributed by atoms with Crippen LogP contribution < -0.4 is 10.6 Å². The summed E-state index contributed by atoms with van der Waals surface area (Å²) in [4.78, 5) is 24.8. The van der Waals surface area contributed by atoms with E-state index in [-0.39, 0.29) is 6.04 Å². The highest BCUT2D eigenvalue weighted by Crippen LogP contribution is 2.61. The molecule has 0 aliphatic heterocycles. The third kappa shape index (κ3) is 3.73. The van der Waals surface area contributed by atoms with Crippen molar-refractivity contribution in [1.29, 1.82) is 0 Å². The average molecular weight is 451 g/mol.